The first-order valence-corrected chi connectivity index (χ1v) is 6.01. The summed E-state index contributed by atoms with van der Waals surface area (Å²) in [6.45, 7) is 6.55. The second kappa shape index (κ2) is 9.70. The third-order valence-corrected chi connectivity index (χ3v) is 2.69. The van der Waals surface area contributed by atoms with E-state index in [2.05, 4.69) is 32.9 Å². The van der Waals surface area contributed by atoms with E-state index in [0.717, 1.165) is 38.4 Å². The highest BCUT2D eigenvalue weighted by atomic mass is 16.1. The minimum absolute atomic E-state index is 0.660. The first kappa shape index (κ1) is 14.2. The van der Waals surface area contributed by atoms with Crippen LogP contribution in [0.2, 0.25) is 0 Å². The Hall–Kier alpha value is -0.850. The zero-order valence-electron chi connectivity index (χ0n) is 10.4. The minimum Gasteiger partial charge on any atom is -0.303 e. The maximum atomic E-state index is 10.2. The number of hydrogen-bond acceptors (Lipinski definition) is 1. The highest BCUT2D eigenvalue weighted by molar-refractivity contribution is 5.49. The molecule has 15 heavy (non-hydrogen) atoms. The van der Waals surface area contributed by atoms with E-state index in [9.17, 15) is 4.79 Å². The van der Waals surface area contributed by atoms with Gasteiger partial charge in [-0.15, -0.1) is 0 Å². The van der Waals surface area contributed by atoms with E-state index >= 15 is 0 Å². The topological polar surface area (TPSA) is 17.1 Å². The first-order valence-electron chi connectivity index (χ1n) is 6.01. The summed E-state index contributed by atoms with van der Waals surface area (Å²) in [6.07, 6.45) is 11.6. The van der Waals surface area contributed by atoms with Crippen LogP contribution in [0.1, 0.15) is 59.3 Å². The molecule has 0 aromatic carbocycles. The molecular formula is C14H24O. The van der Waals surface area contributed by atoms with Gasteiger partial charge in [0, 0.05) is 6.42 Å². The molecule has 0 saturated heterocycles. The van der Waals surface area contributed by atoms with E-state index < -0.39 is 0 Å². The van der Waals surface area contributed by atoms with Gasteiger partial charge in [-0.25, -0.2) is 0 Å². The number of hydrogen-bond donors (Lipinski definition) is 0. The van der Waals surface area contributed by atoms with E-state index in [0.29, 0.717) is 6.42 Å². The van der Waals surface area contributed by atoms with Gasteiger partial charge >= 0.3 is 0 Å². The second-order valence-corrected chi connectivity index (χ2v) is 3.90. The lowest BCUT2D eigenvalue weighted by molar-refractivity contribution is -0.107. The summed E-state index contributed by atoms with van der Waals surface area (Å²) in [4.78, 5) is 10.2. The molecule has 1 nitrogen and oxygen atoms in total. The van der Waals surface area contributed by atoms with Crippen molar-refractivity contribution >= 4 is 6.29 Å². The fourth-order valence-corrected chi connectivity index (χ4v) is 1.43. The van der Waals surface area contributed by atoms with E-state index in [1.165, 1.54) is 11.1 Å². The summed E-state index contributed by atoms with van der Waals surface area (Å²) in [5.74, 6) is 0. The summed E-state index contributed by atoms with van der Waals surface area (Å²) in [5, 5.41) is 0. The molecule has 0 N–H and O–H groups in total. The average Bonchev–Trinajstić information content (AvgIpc) is 2.26. The number of allylic oxidation sites excluding steroid dienone is 4. The smallest absolute Gasteiger partial charge is 0.120 e. The largest absolute Gasteiger partial charge is 0.303 e. The van der Waals surface area contributed by atoms with Crippen LogP contribution in [0.15, 0.2) is 23.3 Å². The molecule has 0 heterocycles. The van der Waals surface area contributed by atoms with E-state index in [-0.39, 0.29) is 0 Å². The minimum atomic E-state index is 0.660. The van der Waals surface area contributed by atoms with Crippen molar-refractivity contribution in [3.05, 3.63) is 23.3 Å². The molecule has 0 atom stereocenters. The van der Waals surface area contributed by atoms with Crippen molar-refractivity contribution in [1.82, 2.24) is 0 Å². The fourth-order valence-electron chi connectivity index (χ4n) is 1.43. The molecule has 0 aromatic heterocycles. The Balaban J connectivity index is 3.89. The lowest BCUT2D eigenvalue weighted by Gasteiger charge is -2.02. The Kier molecular flexibility index (Phi) is 9.15. The molecule has 0 aromatic rings. The van der Waals surface area contributed by atoms with Gasteiger partial charge in [0.25, 0.3) is 0 Å². The molecule has 0 unspecified atom stereocenters. The number of carbonyl (C=O) groups is 1. The van der Waals surface area contributed by atoms with Crippen LogP contribution in [0.3, 0.4) is 0 Å². The molecule has 0 saturated carbocycles. The summed E-state index contributed by atoms with van der Waals surface area (Å²) < 4.78 is 0. The molecule has 0 aliphatic carbocycles. The molecule has 0 fully saturated rings. The second-order valence-electron chi connectivity index (χ2n) is 3.90. The number of aldehydes is 1. The van der Waals surface area contributed by atoms with E-state index in [1.807, 2.05) is 0 Å². The van der Waals surface area contributed by atoms with Crippen molar-refractivity contribution in [3.8, 4) is 0 Å². The zero-order chi connectivity index (χ0) is 11.5. The van der Waals surface area contributed by atoms with Crippen LogP contribution in [0.25, 0.3) is 0 Å². The van der Waals surface area contributed by atoms with Gasteiger partial charge in [0.1, 0.15) is 6.29 Å². The predicted octanol–water partition coefficient (Wildman–Crippen LogP) is 4.44. The van der Waals surface area contributed by atoms with Crippen molar-refractivity contribution in [2.24, 2.45) is 0 Å². The van der Waals surface area contributed by atoms with Gasteiger partial charge in [0.05, 0.1) is 0 Å². The molecule has 0 rings (SSSR count). The van der Waals surface area contributed by atoms with Crippen molar-refractivity contribution in [2.45, 2.75) is 59.3 Å². The van der Waals surface area contributed by atoms with E-state index in [1.54, 1.807) is 0 Å². The van der Waals surface area contributed by atoms with Crippen molar-refractivity contribution < 1.29 is 4.79 Å². The number of unbranched alkanes of at least 4 members (excludes halogenated alkanes) is 1. The molecule has 0 amide bonds. The summed E-state index contributed by atoms with van der Waals surface area (Å²) in [7, 11) is 0. The van der Waals surface area contributed by atoms with Crippen molar-refractivity contribution in [1.29, 1.82) is 0 Å². The third-order valence-electron chi connectivity index (χ3n) is 2.69. The average molecular weight is 208 g/mol. The van der Waals surface area contributed by atoms with Gasteiger partial charge in [-0.3, -0.25) is 0 Å². The van der Waals surface area contributed by atoms with Crippen LogP contribution in [0.5, 0.6) is 0 Å². The van der Waals surface area contributed by atoms with Crippen LogP contribution in [-0.4, -0.2) is 6.29 Å². The van der Waals surface area contributed by atoms with Gasteiger partial charge in [-0.2, -0.15) is 0 Å². The van der Waals surface area contributed by atoms with Gasteiger partial charge in [0.15, 0.2) is 0 Å². The Morgan fingerprint density at radius 3 is 2.27 bits per heavy atom. The maximum Gasteiger partial charge on any atom is 0.120 e. The molecule has 0 radical (unpaired) electrons. The monoisotopic (exact) mass is 208 g/mol. The molecular weight excluding hydrogens is 184 g/mol. The molecule has 0 bridgehead atoms. The zero-order valence-corrected chi connectivity index (χ0v) is 10.4. The molecule has 0 spiro atoms. The van der Waals surface area contributed by atoms with Crippen LogP contribution in [0, 0.1) is 0 Å². The molecule has 86 valence electrons. The van der Waals surface area contributed by atoms with Crippen LogP contribution in [-0.2, 0) is 4.79 Å². The molecule has 1 heteroatoms. The lowest BCUT2D eigenvalue weighted by Crippen LogP contribution is -1.83. The quantitative estimate of drug-likeness (QED) is 0.327. The van der Waals surface area contributed by atoms with Crippen LogP contribution >= 0.6 is 0 Å². The van der Waals surface area contributed by atoms with Gasteiger partial charge < -0.3 is 4.79 Å². The SMILES string of the molecule is CC/C(C)=C\CC/C(=C/CCC=O)CC. The first-order chi connectivity index (χ1) is 7.24. The van der Waals surface area contributed by atoms with Crippen molar-refractivity contribution in [2.75, 3.05) is 0 Å². The highest BCUT2D eigenvalue weighted by Crippen LogP contribution is 2.13. The van der Waals surface area contributed by atoms with Crippen LogP contribution in [0.4, 0.5) is 0 Å². The van der Waals surface area contributed by atoms with Crippen LogP contribution < -0.4 is 0 Å². The van der Waals surface area contributed by atoms with E-state index in [4.69, 9.17) is 0 Å². The Bertz CT molecular complexity index is 223. The van der Waals surface area contributed by atoms with Gasteiger partial charge in [-0.1, -0.05) is 37.1 Å². The Morgan fingerprint density at radius 1 is 1.00 bits per heavy atom. The standard InChI is InChI=1S/C14H24O/c1-4-13(3)9-8-11-14(5-2)10-6-7-12-15/h9-10,12H,4-8,11H2,1-3H3/b13-9-,14-10+. The third kappa shape index (κ3) is 8.17. The number of carbonyl (C=O) groups excluding carboxylic acids is 1. The summed E-state index contributed by atoms with van der Waals surface area (Å²) >= 11 is 0. The maximum absolute atomic E-state index is 10.2. The molecule has 0 aliphatic heterocycles. The van der Waals surface area contributed by atoms with Crippen molar-refractivity contribution in [3.63, 3.8) is 0 Å². The summed E-state index contributed by atoms with van der Waals surface area (Å²) in [5.41, 5.74) is 2.95. The van der Waals surface area contributed by atoms with Gasteiger partial charge in [0.2, 0.25) is 0 Å². The fraction of sp³-hybridized carbons (Fsp3) is 0.643. The predicted molar refractivity (Wildman–Crippen MR) is 67.0 cm³/mol. The lowest BCUT2D eigenvalue weighted by atomic mass is 10.0. The van der Waals surface area contributed by atoms with Gasteiger partial charge in [-0.05, 0) is 39.0 Å². The highest BCUT2D eigenvalue weighted by Gasteiger charge is 1.93. The Morgan fingerprint density at radius 2 is 1.73 bits per heavy atom. The molecule has 0 aliphatic rings. The Labute approximate surface area is 94.3 Å². The number of rotatable bonds is 8. The summed E-state index contributed by atoms with van der Waals surface area (Å²) in [6, 6.07) is 0. The normalized spacial score (nSPS) is 13.0.